The molecule has 1 saturated heterocycles. The summed E-state index contributed by atoms with van der Waals surface area (Å²) in [5.41, 5.74) is 3.00. The van der Waals surface area contributed by atoms with Crippen LogP contribution in [0, 0.1) is 13.8 Å². The zero-order chi connectivity index (χ0) is 19.7. The van der Waals surface area contributed by atoms with Gasteiger partial charge in [0.05, 0.1) is 16.4 Å². The Kier molecular flexibility index (Phi) is 5.78. The van der Waals surface area contributed by atoms with Gasteiger partial charge < -0.3 is 4.90 Å². The average Bonchev–Trinajstić information content (AvgIpc) is 3.28. The molecular weight excluding hydrogens is 412 g/mol. The largest absolute Gasteiger partial charge is 0.335 e. The summed E-state index contributed by atoms with van der Waals surface area (Å²) in [6, 6.07) is 7.78. The summed E-state index contributed by atoms with van der Waals surface area (Å²) in [5.74, 6) is 0.112. The van der Waals surface area contributed by atoms with Crippen LogP contribution in [0.4, 0.5) is 0 Å². The van der Waals surface area contributed by atoms with Crippen LogP contribution < -0.4 is 0 Å². The molecule has 0 atom stereocenters. The lowest BCUT2D eigenvalue weighted by Gasteiger charge is -2.34. The Balaban J connectivity index is 1.34. The molecule has 3 heterocycles. The first kappa shape index (κ1) is 19.5. The number of aryl methyl sites for hydroxylation is 2. The summed E-state index contributed by atoms with van der Waals surface area (Å²) in [4.78, 5) is 27.0. The number of rotatable bonds is 4. The van der Waals surface area contributed by atoms with E-state index in [1.807, 2.05) is 43.0 Å². The maximum absolute atomic E-state index is 12.7. The Morgan fingerprint density at radius 2 is 1.82 bits per heavy atom. The molecule has 1 aliphatic heterocycles. The van der Waals surface area contributed by atoms with E-state index in [4.69, 9.17) is 16.6 Å². The molecule has 0 saturated carbocycles. The summed E-state index contributed by atoms with van der Waals surface area (Å²) >= 11 is 9.10. The third-order valence-electron chi connectivity index (χ3n) is 4.79. The predicted molar refractivity (Wildman–Crippen MR) is 115 cm³/mol. The standard InChI is InChI=1S/C20H21ClN4OS2/c1-13-18(28-14(2)22-13)20(26)25-9-7-24(8-10-25)11-17-12-27-19(23-17)15-3-5-16(21)6-4-15/h3-6,12H,7-11H2,1-2H3. The van der Waals surface area contributed by atoms with Gasteiger partial charge in [-0.05, 0) is 26.0 Å². The number of halogens is 1. The van der Waals surface area contributed by atoms with Gasteiger partial charge in [-0.3, -0.25) is 9.69 Å². The highest BCUT2D eigenvalue weighted by Gasteiger charge is 2.25. The van der Waals surface area contributed by atoms with Crippen molar-refractivity contribution in [3.63, 3.8) is 0 Å². The van der Waals surface area contributed by atoms with Gasteiger partial charge in [-0.25, -0.2) is 9.97 Å². The lowest BCUT2D eigenvalue weighted by molar-refractivity contribution is 0.0631. The smallest absolute Gasteiger partial charge is 0.265 e. The summed E-state index contributed by atoms with van der Waals surface area (Å²) in [6.07, 6.45) is 0. The fourth-order valence-electron chi connectivity index (χ4n) is 3.32. The maximum Gasteiger partial charge on any atom is 0.265 e. The molecule has 5 nitrogen and oxygen atoms in total. The molecule has 146 valence electrons. The van der Waals surface area contributed by atoms with Gasteiger partial charge >= 0.3 is 0 Å². The van der Waals surface area contributed by atoms with E-state index >= 15 is 0 Å². The first-order chi connectivity index (χ1) is 13.5. The molecule has 0 N–H and O–H groups in total. The number of nitrogens with zero attached hydrogens (tertiary/aromatic N) is 4. The topological polar surface area (TPSA) is 49.3 Å². The van der Waals surface area contributed by atoms with E-state index in [1.54, 1.807) is 11.3 Å². The highest BCUT2D eigenvalue weighted by molar-refractivity contribution is 7.13. The molecule has 0 aliphatic carbocycles. The van der Waals surface area contributed by atoms with Crippen LogP contribution in [0.3, 0.4) is 0 Å². The van der Waals surface area contributed by atoms with Crippen molar-refractivity contribution < 1.29 is 4.79 Å². The summed E-state index contributed by atoms with van der Waals surface area (Å²) < 4.78 is 0. The van der Waals surface area contributed by atoms with E-state index in [0.29, 0.717) is 0 Å². The van der Waals surface area contributed by atoms with Crippen molar-refractivity contribution in [3.05, 3.63) is 55.9 Å². The number of hydrogen-bond donors (Lipinski definition) is 0. The van der Waals surface area contributed by atoms with Gasteiger partial charge in [-0.2, -0.15) is 0 Å². The first-order valence-corrected chi connectivity index (χ1v) is 11.2. The van der Waals surface area contributed by atoms with Crippen LogP contribution in [0.25, 0.3) is 10.6 Å². The number of amides is 1. The number of aromatic nitrogens is 2. The molecular formula is C20H21ClN4OS2. The molecule has 2 aromatic heterocycles. The average molecular weight is 433 g/mol. The zero-order valence-corrected chi connectivity index (χ0v) is 18.2. The van der Waals surface area contributed by atoms with E-state index in [9.17, 15) is 4.79 Å². The fourth-order valence-corrected chi connectivity index (χ4v) is 5.15. The third kappa shape index (κ3) is 4.27. The van der Waals surface area contributed by atoms with Crippen LogP contribution in [0.15, 0.2) is 29.6 Å². The molecule has 1 aliphatic rings. The first-order valence-electron chi connectivity index (χ1n) is 9.15. The van der Waals surface area contributed by atoms with E-state index in [2.05, 4.69) is 15.3 Å². The Morgan fingerprint density at radius 1 is 1.11 bits per heavy atom. The van der Waals surface area contributed by atoms with Gasteiger partial charge in [-0.15, -0.1) is 22.7 Å². The second-order valence-corrected chi connectivity index (χ2v) is 9.36. The Morgan fingerprint density at radius 3 is 2.46 bits per heavy atom. The highest BCUT2D eigenvalue weighted by Crippen LogP contribution is 2.26. The molecule has 1 aromatic carbocycles. The van der Waals surface area contributed by atoms with Crippen molar-refractivity contribution in [2.45, 2.75) is 20.4 Å². The van der Waals surface area contributed by atoms with Crippen LogP contribution in [-0.2, 0) is 6.54 Å². The predicted octanol–water partition coefficient (Wildman–Crippen LogP) is 4.49. The molecule has 0 spiro atoms. The summed E-state index contributed by atoms with van der Waals surface area (Å²) in [7, 11) is 0. The second-order valence-electron chi connectivity index (χ2n) is 6.87. The minimum absolute atomic E-state index is 0.112. The SMILES string of the molecule is Cc1nc(C)c(C(=O)N2CCN(Cc3csc(-c4ccc(Cl)cc4)n3)CC2)s1. The molecule has 1 amide bonds. The van der Waals surface area contributed by atoms with Crippen LogP contribution in [0.5, 0.6) is 0 Å². The molecule has 1 fully saturated rings. The number of benzene rings is 1. The monoisotopic (exact) mass is 432 g/mol. The molecule has 28 heavy (non-hydrogen) atoms. The maximum atomic E-state index is 12.7. The lowest BCUT2D eigenvalue weighted by Crippen LogP contribution is -2.48. The van der Waals surface area contributed by atoms with Gasteiger partial charge in [0.15, 0.2) is 0 Å². The quantitative estimate of drug-likeness (QED) is 0.609. The third-order valence-corrected chi connectivity index (χ3v) is 7.04. The van der Waals surface area contributed by atoms with Crippen molar-refractivity contribution in [2.75, 3.05) is 26.2 Å². The van der Waals surface area contributed by atoms with Crippen LogP contribution >= 0.6 is 34.3 Å². The number of carbonyl (C=O) groups excluding carboxylic acids is 1. The fraction of sp³-hybridized carbons (Fsp3) is 0.350. The van der Waals surface area contributed by atoms with Gasteiger partial charge in [0, 0.05) is 48.7 Å². The minimum atomic E-state index is 0.112. The summed E-state index contributed by atoms with van der Waals surface area (Å²) in [5, 5.41) is 4.80. The number of hydrogen-bond acceptors (Lipinski definition) is 6. The lowest BCUT2D eigenvalue weighted by atomic mass is 10.2. The second kappa shape index (κ2) is 8.29. The van der Waals surface area contributed by atoms with E-state index in [1.165, 1.54) is 11.3 Å². The molecule has 0 bridgehead atoms. The van der Waals surface area contributed by atoms with Crippen LogP contribution in [-0.4, -0.2) is 51.9 Å². The Bertz CT molecular complexity index is 975. The minimum Gasteiger partial charge on any atom is -0.335 e. The zero-order valence-electron chi connectivity index (χ0n) is 15.8. The van der Waals surface area contributed by atoms with Crippen molar-refractivity contribution >= 4 is 40.2 Å². The Hall–Kier alpha value is -1.80. The molecule has 0 unspecified atom stereocenters. The van der Waals surface area contributed by atoms with Crippen molar-refractivity contribution in [1.82, 2.24) is 19.8 Å². The van der Waals surface area contributed by atoms with Crippen molar-refractivity contribution in [2.24, 2.45) is 0 Å². The summed E-state index contributed by atoms with van der Waals surface area (Å²) in [6.45, 7) is 7.86. The van der Waals surface area contributed by atoms with Gasteiger partial charge in [0.1, 0.15) is 9.88 Å². The molecule has 4 rings (SSSR count). The van der Waals surface area contributed by atoms with Crippen molar-refractivity contribution in [1.29, 1.82) is 0 Å². The number of piperazine rings is 1. The Labute approximate surface area is 177 Å². The number of thiazole rings is 2. The van der Waals surface area contributed by atoms with Crippen molar-refractivity contribution in [3.8, 4) is 10.6 Å². The van der Waals surface area contributed by atoms with E-state index < -0.39 is 0 Å². The molecule has 0 radical (unpaired) electrons. The van der Waals surface area contributed by atoms with Crippen LogP contribution in [0.2, 0.25) is 5.02 Å². The van der Waals surface area contributed by atoms with Gasteiger partial charge in [0.25, 0.3) is 5.91 Å². The van der Waals surface area contributed by atoms with Crippen LogP contribution in [0.1, 0.15) is 26.1 Å². The molecule has 3 aromatic rings. The van der Waals surface area contributed by atoms with Gasteiger partial charge in [-0.1, -0.05) is 23.7 Å². The highest BCUT2D eigenvalue weighted by atomic mass is 35.5. The number of carbonyl (C=O) groups is 1. The normalized spacial score (nSPS) is 15.2. The van der Waals surface area contributed by atoms with Gasteiger partial charge in [0.2, 0.25) is 0 Å². The van der Waals surface area contributed by atoms with E-state index in [-0.39, 0.29) is 5.91 Å². The molecule has 8 heteroatoms. The van der Waals surface area contributed by atoms with E-state index in [0.717, 1.165) is 69.6 Å².